The Morgan fingerprint density at radius 1 is 1.32 bits per heavy atom. The van der Waals surface area contributed by atoms with Crippen LogP contribution >= 0.6 is 11.6 Å². The van der Waals surface area contributed by atoms with Crippen LogP contribution in [0.15, 0.2) is 30.5 Å². The van der Waals surface area contributed by atoms with Crippen molar-refractivity contribution in [3.8, 4) is 0 Å². The fourth-order valence-electron chi connectivity index (χ4n) is 1.82. The first-order chi connectivity index (χ1) is 11.8. The van der Waals surface area contributed by atoms with Gasteiger partial charge in [-0.1, -0.05) is 11.6 Å². The lowest BCUT2D eigenvalue weighted by atomic mass is 10.2. The quantitative estimate of drug-likeness (QED) is 0.757. The molecule has 134 valence electrons. The summed E-state index contributed by atoms with van der Waals surface area (Å²) in [6.45, 7) is 0.848. The van der Waals surface area contributed by atoms with Gasteiger partial charge in [0.05, 0.1) is 22.9 Å². The van der Waals surface area contributed by atoms with Crippen molar-refractivity contribution in [1.29, 1.82) is 0 Å². The molecular formula is C15H14ClF3N4O2. The van der Waals surface area contributed by atoms with E-state index in [-0.39, 0.29) is 22.4 Å². The first-order valence-corrected chi connectivity index (χ1v) is 7.43. The van der Waals surface area contributed by atoms with Gasteiger partial charge in [0.15, 0.2) is 0 Å². The Balaban J connectivity index is 2.16. The number of aromatic nitrogens is 2. The molecule has 0 aliphatic carbocycles. The molecule has 0 aliphatic heterocycles. The number of carbonyl (C=O) groups excluding carboxylic acids is 1. The number of alkyl halides is 3. The van der Waals surface area contributed by atoms with Crippen LogP contribution in [-0.4, -0.2) is 36.1 Å². The number of carbonyl (C=O) groups is 1. The van der Waals surface area contributed by atoms with Crippen molar-refractivity contribution in [3.05, 3.63) is 46.7 Å². The number of benzene rings is 1. The highest BCUT2D eigenvalue weighted by Crippen LogP contribution is 2.33. The Morgan fingerprint density at radius 3 is 2.76 bits per heavy atom. The molecule has 2 rings (SSSR count). The molecule has 0 spiro atoms. The zero-order valence-corrected chi connectivity index (χ0v) is 13.8. The number of nitrogens with one attached hydrogen (secondary N) is 2. The third-order valence-corrected chi connectivity index (χ3v) is 3.35. The molecule has 1 aromatic heterocycles. The fraction of sp³-hybridized carbons (Fsp3) is 0.267. The molecule has 2 aromatic rings. The molecule has 1 amide bonds. The maximum absolute atomic E-state index is 12.8. The molecule has 0 saturated carbocycles. The Labute approximate surface area is 146 Å². The first-order valence-electron chi connectivity index (χ1n) is 7.05. The summed E-state index contributed by atoms with van der Waals surface area (Å²) in [5.41, 5.74) is -1.10. The SMILES string of the molecule is COCCNc1nccc(C(=O)Nc2cc(C(F)(F)F)ccc2Cl)n1. The van der Waals surface area contributed by atoms with Crippen molar-refractivity contribution in [2.24, 2.45) is 0 Å². The van der Waals surface area contributed by atoms with Crippen molar-refractivity contribution in [2.75, 3.05) is 30.9 Å². The molecule has 2 N–H and O–H groups in total. The zero-order valence-electron chi connectivity index (χ0n) is 13.0. The molecule has 0 bridgehead atoms. The maximum Gasteiger partial charge on any atom is 0.416 e. The van der Waals surface area contributed by atoms with E-state index in [9.17, 15) is 18.0 Å². The Bertz CT molecular complexity index is 756. The van der Waals surface area contributed by atoms with Crippen LogP contribution in [0.5, 0.6) is 0 Å². The Kier molecular flexibility index (Phi) is 6.16. The van der Waals surface area contributed by atoms with E-state index in [2.05, 4.69) is 20.6 Å². The van der Waals surface area contributed by atoms with Gasteiger partial charge < -0.3 is 15.4 Å². The third-order valence-electron chi connectivity index (χ3n) is 3.02. The van der Waals surface area contributed by atoms with E-state index in [1.807, 2.05) is 0 Å². The molecule has 1 aromatic carbocycles. The number of nitrogens with zero attached hydrogens (tertiary/aromatic N) is 2. The van der Waals surface area contributed by atoms with E-state index < -0.39 is 17.6 Å². The topological polar surface area (TPSA) is 76.1 Å². The molecule has 0 saturated heterocycles. The molecule has 6 nitrogen and oxygen atoms in total. The summed E-state index contributed by atoms with van der Waals surface area (Å²) < 4.78 is 43.2. The van der Waals surface area contributed by atoms with E-state index in [0.717, 1.165) is 18.2 Å². The van der Waals surface area contributed by atoms with Crippen molar-refractivity contribution in [2.45, 2.75) is 6.18 Å². The van der Waals surface area contributed by atoms with Crippen molar-refractivity contribution in [1.82, 2.24) is 9.97 Å². The number of hydrogen-bond acceptors (Lipinski definition) is 5. The third kappa shape index (κ3) is 5.30. The average molecular weight is 375 g/mol. The van der Waals surface area contributed by atoms with Crippen LogP contribution < -0.4 is 10.6 Å². The highest BCUT2D eigenvalue weighted by Gasteiger charge is 2.31. The molecule has 0 radical (unpaired) electrons. The molecule has 25 heavy (non-hydrogen) atoms. The van der Waals surface area contributed by atoms with Gasteiger partial charge in [0, 0.05) is 19.9 Å². The maximum atomic E-state index is 12.8. The molecular weight excluding hydrogens is 361 g/mol. The fourth-order valence-corrected chi connectivity index (χ4v) is 1.98. The molecule has 0 aliphatic rings. The van der Waals surface area contributed by atoms with Gasteiger partial charge in [-0.05, 0) is 24.3 Å². The van der Waals surface area contributed by atoms with Crippen LogP contribution in [0.1, 0.15) is 16.1 Å². The van der Waals surface area contributed by atoms with Crippen molar-refractivity contribution in [3.63, 3.8) is 0 Å². The molecule has 0 unspecified atom stereocenters. The van der Waals surface area contributed by atoms with Crippen LogP contribution in [0.25, 0.3) is 0 Å². The Hall–Kier alpha value is -2.39. The number of methoxy groups -OCH3 is 1. The van der Waals surface area contributed by atoms with Gasteiger partial charge in [-0.25, -0.2) is 9.97 Å². The number of amides is 1. The highest BCUT2D eigenvalue weighted by atomic mass is 35.5. The highest BCUT2D eigenvalue weighted by molar-refractivity contribution is 6.33. The predicted molar refractivity (Wildman–Crippen MR) is 86.8 cm³/mol. The van der Waals surface area contributed by atoms with Crippen LogP contribution in [0, 0.1) is 0 Å². The number of hydrogen-bond donors (Lipinski definition) is 2. The minimum atomic E-state index is -4.54. The second-order valence-electron chi connectivity index (χ2n) is 4.83. The lowest BCUT2D eigenvalue weighted by molar-refractivity contribution is -0.137. The monoisotopic (exact) mass is 374 g/mol. The second-order valence-corrected chi connectivity index (χ2v) is 5.24. The summed E-state index contributed by atoms with van der Waals surface area (Å²) in [6.07, 6.45) is -3.19. The zero-order chi connectivity index (χ0) is 18.4. The van der Waals surface area contributed by atoms with Crippen LogP contribution in [0.2, 0.25) is 5.02 Å². The van der Waals surface area contributed by atoms with Gasteiger partial charge in [0.2, 0.25) is 5.95 Å². The largest absolute Gasteiger partial charge is 0.416 e. The first kappa shape index (κ1) is 18.9. The molecule has 1 heterocycles. The van der Waals surface area contributed by atoms with Crippen LogP contribution in [0.3, 0.4) is 0 Å². The van der Waals surface area contributed by atoms with Crippen molar-refractivity contribution >= 4 is 29.1 Å². The number of ether oxygens (including phenoxy) is 1. The van der Waals surface area contributed by atoms with E-state index in [4.69, 9.17) is 16.3 Å². The summed E-state index contributed by atoms with van der Waals surface area (Å²) >= 11 is 5.85. The van der Waals surface area contributed by atoms with Gasteiger partial charge in [0.25, 0.3) is 5.91 Å². The van der Waals surface area contributed by atoms with E-state index >= 15 is 0 Å². The van der Waals surface area contributed by atoms with Gasteiger partial charge in [-0.15, -0.1) is 0 Å². The van der Waals surface area contributed by atoms with Gasteiger partial charge in [0.1, 0.15) is 5.69 Å². The second kappa shape index (κ2) is 8.13. The summed E-state index contributed by atoms with van der Waals surface area (Å²) in [5.74, 6) is -0.516. The number of halogens is 4. The minimum absolute atomic E-state index is 0.0196. The van der Waals surface area contributed by atoms with Crippen molar-refractivity contribution < 1.29 is 22.7 Å². The van der Waals surface area contributed by atoms with Crippen LogP contribution in [0.4, 0.5) is 24.8 Å². The average Bonchev–Trinajstić information content (AvgIpc) is 2.56. The van der Waals surface area contributed by atoms with E-state index in [1.54, 1.807) is 0 Å². The summed E-state index contributed by atoms with van der Waals surface area (Å²) in [5, 5.41) is 5.14. The number of anilines is 2. The minimum Gasteiger partial charge on any atom is -0.383 e. The normalized spacial score (nSPS) is 11.2. The predicted octanol–water partition coefficient (Wildman–Crippen LogP) is 3.46. The smallest absolute Gasteiger partial charge is 0.383 e. The van der Waals surface area contributed by atoms with E-state index in [1.165, 1.54) is 19.4 Å². The summed E-state index contributed by atoms with van der Waals surface area (Å²) in [6, 6.07) is 4.00. The van der Waals surface area contributed by atoms with Gasteiger partial charge in [-0.2, -0.15) is 13.2 Å². The number of rotatable bonds is 6. The lowest BCUT2D eigenvalue weighted by Gasteiger charge is -2.11. The molecule has 0 atom stereocenters. The molecule has 10 heteroatoms. The van der Waals surface area contributed by atoms with E-state index in [0.29, 0.717) is 13.2 Å². The van der Waals surface area contributed by atoms with Gasteiger partial charge >= 0.3 is 6.18 Å². The molecule has 0 fully saturated rings. The summed E-state index contributed by atoms with van der Waals surface area (Å²) in [4.78, 5) is 20.1. The van der Waals surface area contributed by atoms with Crippen LogP contribution in [-0.2, 0) is 10.9 Å². The lowest BCUT2D eigenvalue weighted by Crippen LogP contribution is -2.17. The van der Waals surface area contributed by atoms with Gasteiger partial charge in [-0.3, -0.25) is 4.79 Å². The summed E-state index contributed by atoms with van der Waals surface area (Å²) in [7, 11) is 1.53. The standard InChI is InChI=1S/C15H14ClF3N4O2/c1-25-7-6-21-14-20-5-4-11(23-14)13(24)22-12-8-9(15(17,18)19)2-3-10(12)16/h2-5,8H,6-7H2,1H3,(H,22,24)(H,20,21,23). The Morgan fingerprint density at radius 2 is 2.08 bits per heavy atom.